The minimum absolute atomic E-state index is 0.404. The summed E-state index contributed by atoms with van der Waals surface area (Å²) in [7, 11) is 0. The number of nitrogens with zero attached hydrogens (tertiary/aromatic N) is 1. The third-order valence-electron chi connectivity index (χ3n) is 4.40. The highest BCUT2D eigenvalue weighted by atomic mass is 32.2. The molecule has 20 heavy (non-hydrogen) atoms. The van der Waals surface area contributed by atoms with Crippen LogP contribution in [0.1, 0.15) is 25.7 Å². The van der Waals surface area contributed by atoms with Gasteiger partial charge in [-0.1, -0.05) is 12.8 Å². The zero-order chi connectivity index (χ0) is 14.0. The highest BCUT2D eigenvalue weighted by molar-refractivity contribution is 8.00. The molecule has 3 rings (SSSR count). The van der Waals surface area contributed by atoms with Crippen molar-refractivity contribution in [3.63, 3.8) is 0 Å². The number of benzene rings is 1. The Kier molecular flexibility index (Phi) is 3.74. The number of anilines is 2. The van der Waals surface area contributed by atoms with Crippen LogP contribution in [-0.2, 0) is 0 Å². The second-order valence-electron chi connectivity index (χ2n) is 5.57. The summed E-state index contributed by atoms with van der Waals surface area (Å²) in [5.74, 6) is 0. The zero-order valence-electron chi connectivity index (χ0n) is 11.9. The number of hydrogen-bond donors (Lipinski definition) is 2. The van der Waals surface area contributed by atoms with Crippen molar-refractivity contribution in [1.82, 2.24) is 4.98 Å². The van der Waals surface area contributed by atoms with Crippen LogP contribution < -0.4 is 11.1 Å². The monoisotopic (exact) mass is 287 g/mol. The quantitative estimate of drug-likeness (QED) is 0.837. The van der Waals surface area contributed by atoms with E-state index in [0.29, 0.717) is 4.75 Å². The molecule has 1 heterocycles. The van der Waals surface area contributed by atoms with Crippen molar-refractivity contribution in [2.75, 3.05) is 23.9 Å². The topological polar surface area (TPSA) is 50.9 Å². The van der Waals surface area contributed by atoms with Gasteiger partial charge in [0, 0.05) is 45.8 Å². The van der Waals surface area contributed by atoms with Crippen LogP contribution in [0.5, 0.6) is 0 Å². The molecule has 0 atom stereocenters. The maximum absolute atomic E-state index is 6.02. The summed E-state index contributed by atoms with van der Waals surface area (Å²) >= 11 is 2.01. The van der Waals surface area contributed by atoms with Gasteiger partial charge < -0.3 is 11.1 Å². The summed E-state index contributed by atoms with van der Waals surface area (Å²) in [6.45, 7) is 1.02. The Hall–Kier alpha value is -1.42. The molecule has 2 aromatic rings. The van der Waals surface area contributed by atoms with Crippen molar-refractivity contribution in [3.05, 3.63) is 30.6 Å². The van der Waals surface area contributed by atoms with Gasteiger partial charge in [0.1, 0.15) is 0 Å². The number of nitrogens with one attached hydrogen (secondary N) is 1. The van der Waals surface area contributed by atoms with E-state index in [2.05, 4.69) is 22.6 Å². The number of pyridine rings is 1. The van der Waals surface area contributed by atoms with Crippen molar-refractivity contribution >= 4 is 33.9 Å². The molecule has 1 fully saturated rings. The Morgan fingerprint density at radius 1 is 1.25 bits per heavy atom. The Morgan fingerprint density at radius 2 is 2.05 bits per heavy atom. The van der Waals surface area contributed by atoms with Crippen LogP contribution in [0.25, 0.3) is 10.8 Å². The zero-order valence-corrected chi connectivity index (χ0v) is 12.7. The van der Waals surface area contributed by atoms with Gasteiger partial charge in [-0.05, 0) is 37.3 Å². The maximum atomic E-state index is 6.02. The van der Waals surface area contributed by atoms with Crippen molar-refractivity contribution in [1.29, 1.82) is 0 Å². The average molecular weight is 287 g/mol. The molecule has 0 spiro atoms. The molecule has 0 aliphatic heterocycles. The summed E-state index contributed by atoms with van der Waals surface area (Å²) in [5.41, 5.74) is 7.98. The third kappa shape index (κ3) is 2.44. The maximum Gasteiger partial charge on any atom is 0.0423 e. The second kappa shape index (κ2) is 5.52. The summed E-state index contributed by atoms with van der Waals surface area (Å²) in [4.78, 5) is 4.17. The van der Waals surface area contributed by atoms with Crippen LogP contribution in [0, 0.1) is 0 Å². The molecule has 0 saturated heterocycles. The van der Waals surface area contributed by atoms with Crippen LogP contribution >= 0.6 is 11.8 Å². The molecular formula is C16H21N3S. The first-order valence-corrected chi connectivity index (χ1v) is 8.38. The predicted molar refractivity (Wildman–Crippen MR) is 89.4 cm³/mol. The molecule has 1 aliphatic carbocycles. The van der Waals surface area contributed by atoms with Gasteiger partial charge in [0.05, 0.1) is 0 Å². The van der Waals surface area contributed by atoms with Crippen molar-refractivity contribution in [2.45, 2.75) is 30.4 Å². The molecule has 4 heteroatoms. The normalized spacial score (nSPS) is 17.4. The smallest absolute Gasteiger partial charge is 0.0423 e. The fraction of sp³-hybridized carbons (Fsp3) is 0.438. The number of thioether (sulfide) groups is 1. The number of nitrogens with two attached hydrogens (primary N) is 1. The van der Waals surface area contributed by atoms with E-state index in [4.69, 9.17) is 5.73 Å². The number of fused-ring (bicyclic) bond motifs is 1. The third-order valence-corrected chi connectivity index (χ3v) is 5.82. The van der Waals surface area contributed by atoms with E-state index in [1.165, 1.54) is 25.7 Å². The molecule has 0 radical (unpaired) electrons. The summed E-state index contributed by atoms with van der Waals surface area (Å²) in [6.07, 6.45) is 11.2. The van der Waals surface area contributed by atoms with E-state index in [-0.39, 0.29) is 0 Å². The lowest BCUT2D eigenvalue weighted by Gasteiger charge is -2.28. The summed E-state index contributed by atoms with van der Waals surface area (Å²) < 4.78 is 0.404. The first-order chi connectivity index (χ1) is 9.74. The lowest BCUT2D eigenvalue weighted by atomic mass is 10.1. The molecule has 106 valence electrons. The fourth-order valence-corrected chi connectivity index (χ4v) is 4.01. The van der Waals surface area contributed by atoms with Gasteiger partial charge in [-0.2, -0.15) is 11.8 Å². The van der Waals surface area contributed by atoms with E-state index in [9.17, 15) is 0 Å². The summed E-state index contributed by atoms with van der Waals surface area (Å²) in [6, 6.07) is 6.09. The van der Waals surface area contributed by atoms with Gasteiger partial charge in [-0.3, -0.25) is 4.98 Å². The first kappa shape index (κ1) is 13.6. The van der Waals surface area contributed by atoms with Crippen LogP contribution in [0.4, 0.5) is 11.4 Å². The van der Waals surface area contributed by atoms with Crippen LogP contribution in [0.3, 0.4) is 0 Å². The molecule has 3 nitrogen and oxygen atoms in total. The Labute approximate surface area is 124 Å². The van der Waals surface area contributed by atoms with Gasteiger partial charge in [0.25, 0.3) is 0 Å². The number of aromatic nitrogens is 1. The SMILES string of the molecule is CSC1(CNc2ccc(N)c3cnccc23)CCCC1. The van der Waals surface area contributed by atoms with Gasteiger partial charge in [0.15, 0.2) is 0 Å². The fourth-order valence-electron chi connectivity index (χ4n) is 3.09. The number of hydrogen-bond acceptors (Lipinski definition) is 4. The molecule has 1 aliphatic rings. The van der Waals surface area contributed by atoms with Gasteiger partial charge in [0.2, 0.25) is 0 Å². The Bertz CT molecular complexity index is 606. The minimum Gasteiger partial charge on any atom is -0.398 e. The molecule has 0 bridgehead atoms. The minimum atomic E-state index is 0.404. The van der Waals surface area contributed by atoms with Crippen molar-refractivity contribution in [3.8, 4) is 0 Å². The van der Waals surface area contributed by atoms with Crippen LogP contribution in [-0.4, -0.2) is 22.5 Å². The Balaban J connectivity index is 1.86. The number of nitrogen functional groups attached to an aromatic ring is 1. The van der Waals surface area contributed by atoms with E-state index in [0.717, 1.165) is 28.7 Å². The van der Waals surface area contributed by atoms with Crippen LogP contribution in [0.2, 0.25) is 0 Å². The molecule has 1 aromatic carbocycles. The highest BCUT2D eigenvalue weighted by Crippen LogP contribution is 2.40. The average Bonchev–Trinajstić information content (AvgIpc) is 2.96. The molecule has 0 amide bonds. The lowest BCUT2D eigenvalue weighted by molar-refractivity contribution is 0.640. The largest absolute Gasteiger partial charge is 0.398 e. The molecule has 0 unspecified atom stereocenters. The van der Waals surface area contributed by atoms with Crippen molar-refractivity contribution in [2.24, 2.45) is 0 Å². The van der Waals surface area contributed by atoms with Gasteiger partial charge in [-0.25, -0.2) is 0 Å². The van der Waals surface area contributed by atoms with Crippen molar-refractivity contribution < 1.29 is 0 Å². The van der Waals surface area contributed by atoms with Gasteiger partial charge >= 0.3 is 0 Å². The molecular weight excluding hydrogens is 266 g/mol. The molecule has 3 N–H and O–H groups in total. The van der Waals surface area contributed by atoms with Gasteiger partial charge in [-0.15, -0.1) is 0 Å². The van der Waals surface area contributed by atoms with Crippen LogP contribution in [0.15, 0.2) is 30.6 Å². The lowest BCUT2D eigenvalue weighted by Crippen LogP contribution is -2.30. The standard InChI is InChI=1S/C16H21N3S/c1-20-16(7-2-3-8-16)11-19-15-5-4-14(17)13-10-18-9-6-12(13)15/h4-6,9-10,19H,2-3,7-8,11,17H2,1H3. The van der Waals surface area contributed by atoms with E-state index < -0.39 is 0 Å². The molecule has 1 aromatic heterocycles. The van der Waals surface area contributed by atoms with E-state index in [1.807, 2.05) is 36.3 Å². The molecule has 1 saturated carbocycles. The second-order valence-corrected chi connectivity index (χ2v) is 6.85. The highest BCUT2D eigenvalue weighted by Gasteiger charge is 2.32. The first-order valence-electron chi connectivity index (χ1n) is 7.15. The Morgan fingerprint density at radius 3 is 2.80 bits per heavy atom. The van der Waals surface area contributed by atoms with E-state index >= 15 is 0 Å². The predicted octanol–water partition coefficient (Wildman–Crippen LogP) is 3.90. The number of rotatable bonds is 4. The summed E-state index contributed by atoms with van der Waals surface area (Å²) in [5, 5.41) is 5.84. The van der Waals surface area contributed by atoms with E-state index in [1.54, 1.807) is 0 Å².